The topological polar surface area (TPSA) is 55.6 Å². The SMILES string of the molecule is COCCC1(CN2CCC(C(N)=O)C2)CCC1. The Hall–Kier alpha value is -0.610. The van der Waals surface area contributed by atoms with Crippen LogP contribution in [0, 0.1) is 11.3 Å². The van der Waals surface area contributed by atoms with Crippen molar-refractivity contribution in [2.24, 2.45) is 17.1 Å². The van der Waals surface area contributed by atoms with Crippen molar-refractivity contribution >= 4 is 5.91 Å². The lowest BCUT2D eigenvalue weighted by Crippen LogP contribution is -2.42. The summed E-state index contributed by atoms with van der Waals surface area (Å²) < 4.78 is 5.20. The van der Waals surface area contributed by atoms with Crippen molar-refractivity contribution in [2.45, 2.75) is 32.1 Å². The normalized spacial score (nSPS) is 27.9. The van der Waals surface area contributed by atoms with Crippen molar-refractivity contribution in [2.75, 3.05) is 33.4 Å². The number of amides is 1. The van der Waals surface area contributed by atoms with Crippen LogP contribution in [0.4, 0.5) is 0 Å². The molecule has 4 heteroatoms. The van der Waals surface area contributed by atoms with Crippen molar-refractivity contribution in [1.29, 1.82) is 0 Å². The Morgan fingerprint density at radius 3 is 2.76 bits per heavy atom. The predicted octanol–water partition coefficient (Wildman–Crippen LogP) is 1.00. The molecule has 1 amide bonds. The summed E-state index contributed by atoms with van der Waals surface area (Å²) in [7, 11) is 1.77. The van der Waals surface area contributed by atoms with E-state index in [0.717, 1.165) is 39.1 Å². The molecule has 2 aliphatic rings. The maximum Gasteiger partial charge on any atom is 0.221 e. The number of methoxy groups -OCH3 is 1. The molecular weight excluding hydrogens is 216 g/mol. The van der Waals surface area contributed by atoms with Crippen LogP contribution >= 0.6 is 0 Å². The van der Waals surface area contributed by atoms with Gasteiger partial charge in [-0.3, -0.25) is 4.79 Å². The van der Waals surface area contributed by atoms with Crippen molar-refractivity contribution < 1.29 is 9.53 Å². The molecule has 1 saturated carbocycles. The zero-order valence-corrected chi connectivity index (χ0v) is 10.8. The van der Waals surface area contributed by atoms with E-state index in [9.17, 15) is 4.79 Å². The molecular formula is C13H24N2O2. The monoisotopic (exact) mass is 240 g/mol. The number of ether oxygens (including phenoxy) is 1. The van der Waals surface area contributed by atoms with Crippen LogP contribution in [0.3, 0.4) is 0 Å². The van der Waals surface area contributed by atoms with E-state index in [0.29, 0.717) is 5.41 Å². The van der Waals surface area contributed by atoms with Gasteiger partial charge in [0.2, 0.25) is 5.91 Å². The van der Waals surface area contributed by atoms with Gasteiger partial charge in [0.15, 0.2) is 0 Å². The predicted molar refractivity (Wildman–Crippen MR) is 66.5 cm³/mol. The first-order valence-electron chi connectivity index (χ1n) is 6.66. The fourth-order valence-corrected chi connectivity index (χ4v) is 3.17. The maximum absolute atomic E-state index is 11.1. The molecule has 1 unspecified atom stereocenters. The lowest BCUT2D eigenvalue weighted by Gasteiger charge is -2.44. The lowest BCUT2D eigenvalue weighted by atomic mass is 9.66. The standard InChI is InChI=1S/C13H24N2O2/c1-17-8-6-13(4-2-5-13)10-15-7-3-11(9-15)12(14)16/h11H,2-10H2,1H3,(H2,14,16). The van der Waals surface area contributed by atoms with Gasteiger partial charge in [0.1, 0.15) is 0 Å². The maximum atomic E-state index is 11.1. The smallest absolute Gasteiger partial charge is 0.221 e. The Bertz CT molecular complexity index is 277. The number of carbonyl (C=O) groups excluding carboxylic acids is 1. The number of rotatable bonds is 6. The Morgan fingerprint density at radius 1 is 1.53 bits per heavy atom. The number of nitrogens with zero attached hydrogens (tertiary/aromatic N) is 1. The van der Waals surface area contributed by atoms with E-state index < -0.39 is 0 Å². The van der Waals surface area contributed by atoms with Gasteiger partial charge < -0.3 is 15.4 Å². The molecule has 1 heterocycles. The van der Waals surface area contributed by atoms with Gasteiger partial charge in [-0.25, -0.2) is 0 Å². The first-order valence-corrected chi connectivity index (χ1v) is 6.66. The second-order valence-electron chi connectivity index (χ2n) is 5.72. The first kappa shape index (κ1) is 12.8. The van der Waals surface area contributed by atoms with Crippen molar-refractivity contribution in [1.82, 2.24) is 4.90 Å². The molecule has 2 N–H and O–H groups in total. The average molecular weight is 240 g/mol. The number of carbonyl (C=O) groups is 1. The van der Waals surface area contributed by atoms with E-state index in [1.807, 2.05) is 0 Å². The lowest BCUT2D eigenvalue weighted by molar-refractivity contribution is -0.121. The van der Waals surface area contributed by atoms with Gasteiger partial charge in [0.05, 0.1) is 5.92 Å². The summed E-state index contributed by atoms with van der Waals surface area (Å²) in [5.41, 5.74) is 5.83. The molecule has 0 aromatic rings. The molecule has 0 radical (unpaired) electrons. The second kappa shape index (κ2) is 5.36. The van der Waals surface area contributed by atoms with Crippen LogP contribution in [0.5, 0.6) is 0 Å². The summed E-state index contributed by atoms with van der Waals surface area (Å²) >= 11 is 0. The summed E-state index contributed by atoms with van der Waals surface area (Å²) in [6.45, 7) is 3.87. The minimum Gasteiger partial charge on any atom is -0.385 e. The summed E-state index contributed by atoms with van der Waals surface area (Å²) in [4.78, 5) is 13.6. The molecule has 0 aromatic heterocycles. The third-order valence-corrected chi connectivity index (χ3v) is 4.48. The Morgan fingerprint density at radius 2 is 2.29 bits per heavy atom. The van der Waals surface area contributed by atoms with Gasteiger partial charge in [-0.05, 0) is 37.6 Å². The molecule has 17 heavy (non-hydrogen) atoms. The third-order valence-electron chi connectivity index (χ3n) is 4.48. The van der Waals surface area contributed by atoms with Gasteiger partial charge >= 0.3 is 0 Å². The van der Waals surface area contributed by atoms with Crippen molar-refractivity contribution in [3.05, 3.63) is 0 Å². The highest BCUT2D eigenvalue weighted by Gasteiger charge is 2.40. The zero-order chi connectivity index (χ0) is 12.3. The third kappa shape index (κ3) is 2.99. The van der Waals surface area contributed by atoms with Crippen molar-refractivity contribution in [3.63, 3.8) is 0 Å². The molecule has 2 rings (SSSR count). The summed E-state index contributed by atoms with van der Waals surface area (Å²) in [6, 6.07) is 0. The van der Waals surface area contributed by atoms with Gasteiger partial charge in [-0.1, -0.05) is 6.42 Å². The Kier molecular flexibility index (Phi) is 4.05. The summed E-state index contributed by atoms with van der Waals surface area (Å²) in [5.74, 6) is -0.0541. The first-order chi connectivity index (χ1) is 8.15. The number of hydrogen-bond donors (Lipinski definition) is 1. The molecule has 2 fully saturated rings. The molecule has 0 bridgehead atoms. The van der Waals surface area contributed by atoms with Crippen LogP contribution in [-0.4, -0.2) is 44.2 Å². The van der Waals surface area contributed by atoms with Gasteiger partial charge in [0.25, 0.3) is 0 Å². The fourth-order valence-electron chi connectivity index (χ4n) is 3.17. The average Bonchev–Trinajstić information content (AvgIpc) is 2.70. The van der Waals surface area contributed by atoms with E-state index in [-0.39, 0.29) is 11.8 Å². The number of primary amides is 1. The Labute approximate surface area is 103 Å². The van der Waals surface area contributed by atoms with E-state index in [1.54, 1.807) is 7.11 Å². The summed E-state index contributed by atoms with van der Waals surface area (Å²) in [5, 5.41) is 0. The quantitative estimate of drug-likeness (QED) is 0.753. The van der Waals surface area contributed by atoms with Crippen LogP contribution < -0.4 is 5.73 Å². The van der Waals surface area contributed by atoms with Crippen LogP contribution in [0.2, 0.25) is 0 Å². The fraction of sp³-hybridized carbons (Fsp3) is 0.923. The number of nitrogens with two attached hydrogens (primary N) is 1. The van der Waals surface area contributed by atoms with Crippen LogP contribution in [0.25, 0.3) is 0 Å². The van der Waals surface area contributed by atoms with E-state index in [2.05, 4.69) is 4.90 Å². The van der Waals surface area contributed by atoms with Gasteiger partial charge in [-0.15, -0.1) is 0 Å². The van der Waals surface area contributed by atoms with Crippen LogP contribution in [-0.2, 0) is 9.53 Å². The molecule has 98 valence electrons. The van der Waals surface area contributed by atoms with E-state index in [4.69, 9.17) is 10.5 Å². The highest BCUT2D eigenvalue weighted by atomic mass is 16.5. The molecule has 4 nitrogen and oxygen atoms in total. The number of hydrogen-bond acceptors (Lipinski definition) is 3. The molecule has 1 atom stereocenters. The largest absolute Gasteiger partial charge is 0.385 e. The highest BCUT2D eigenvalue weighted by Crippen LogP contribution is 2.45. The zero-order valence-electron chi connectivity index (χ0n) is 10.8. The molecule has 0 spiro atoms. The highest BCUT2D eigenvalue weighted by molar-refractivity contribution is 5.77. The minimum atomic E-state index is -0.132. The summed E-state index contributed by atoms with van der Waals surface area (Å²) in [6.07, 6.45) is 6.07. The number of likely N-dealkylation sites (tertiary alicyclic amines) is 1. The second-order valence-corrected chi connectivity index (χ2v) is 5.72. The molecule has 1 saturated heterocycles. The minimum absolute atomic E-state index is 0.0783. The molecule has 0 aromatic carbocycles. The Balaban J connectivity index is 1.81. The molecule has 1 aliphatic carbocycles. The van der Waals surface area contributed by atoms with Crippen LogP contribution in [0.15, 0.2) is 0 Å². The van der Waals surface area contributed by atoms with Gasteiger partial charge in [-0.2, -0.15) is 0 Å². The van der Waals surface area contributed by atoms with Gasteiger partial charge in [0, 0.05) is 26.8 Å². The molecule has 1 aliphatic heterocycles. The van der Waals surface area contributed by atoms with E-state index in [1.165, 1.54) is 19.3 Å². The van der Waals surface area contributed by atoms with E-state index >= 15 is 0 Å². The van der Waals surface area contributed by atoms with Crippen LogP contribution in [0.1, 0.15) is 32.1 Å². The van der Waals surface area contributed by atoms with Crippen molar-refractivity contribution in [3.8, 4) is 0 Å².